The number of rotatable bonds is 4. The second-order valence-corrected chi connectivity index (χ2v) is 8.68. The van der Waals surface area contributed by atoms with E-state index in [1.165, 1.54) is 42.5 Å². The van der Waals surface area contributed by atoms with Gasteiger partial charge >= 0.3 is 10.1 Å². The second kappa shape index (κ2) is 7.33. The zero-order valence-corrected chi connectivity index (χ0v) is 17.3. The molecule has 0 amide bonds. The van der Waals surface area contributed by atoms with Crippen LogP contribution in [0.1, 0.15) is 15.9 Å². The molecule has 0 unspecified atom stereocenters. The number of ether oxygens (including phenoxy) is 3. The van der Waals surface area contributed by atoms with E-state index in [1.54, 1.807) is 24.3 Å². The van der Waals surface area contributed by atoms with E-state index >= 15 is 0 Å². The van der Waals surface area contributed by atoms with Crippen LogP contribution in [0.3, 0.4) is 0 Å². The largest absolute Gasteiger partial charge is 0.454 e. The normalized spacial score (nSPS) is 15.6. The molecule has 156 valence electrons. The molecule has 0 atom stereocenters. The highest BCUT2D eigenvalue weighted by molar-refractivity contribution is 7.87. The van der Waals surface area contributed by atoms with E-state index < -0.39 is 10.1 Å². The van der Waals surface area contributed by atoms with Gasteiger partial charge in [-0.15, -0.1) is 0 Å². The van der Waals surface area contributed by atoms with Crippen LogP contribution in [-0.2, 0) is 10.1 Å². The molecule has 0 saturated carbocycles. The van der Waals surface area contributed by atoms with Crippen LogP contribution < -0.4 is 18.4 Å². The molecule has 31 heavy (non-hydrogen) atoms. The van der Waals surface area contributed by atoms with Gasteiger partial charge in [0.25, 0.3) is 0 Å². The summed E-state index contributed by atoms with van der Waals surface area (Å²) in [6.45, 7) is 0.151. The molecule has 2 heterocycles. The number of Topliss-reactive ketones (excluding diaryl/α,β-unsaturated/α-hetero) is 1. The molecule has 7 nitrogen and oxygen atoms in total. The Kier molecular flexibility index (Phi) is 4.60. The zero-order chi connectivity index (χ0) is 21.6. The van der Waals surface area contributed by atoms with Crippen molar-refractivity contribution in [2.24, 2.45) is 0 Å². The van der Waals surface area contributed by atoms with Crippen LogP contribution in [0.2, 0.25) is 5.02 Å². The van der Waals surface area contributed by atoms with Gasteiger partial charge in [-0.1, -0.05) is 17.7 Å². The van der Waals surface area contributed by atoms with Crippen molar-refractivity contribution >= 4 is 33.6 Å². The lowest BCUT2D eigenvalue weighted by Gasteiger charge is -2.08. The Labute approximate surface area is 182 Å². The van der Waals surface area contributed by atoms with Crippen molar-refractivity contribution in [2.75, 3.05) is 6.79 Å². The van der Waals surface area contributed by atoms with Gasteiger partial charge in [-0.3, -0.25) is 4.79 Å². The number of carbonyl (C=O) groups excluding carboxylic acids is 1. The Bertz CT molecular complexity index is 1340. The third kappa shape index (κ3) is 3.71. The molecule has 0 aromatic heterocycles. The van der Waals surface area contributed by atoms with Crippen molar-refractivity contribution in [2.45, 2.75) is 4.90 Å². The Hall–Kier alpha value is -3.49. The lowest BCUT2D eigenvalue weighted by atomic mass is 10.1. The first-order valence-corrected chi connectivity index (χ1v) is 10.9. The maximum Gasteiger partial charge on any atom is 0.339 e. The topological polar surface area (TPSA) is 88.1 Å². The second-order valence-electron chi connectivity index (χ2n) is 6.70. The fraction of sp³-hybridized carbons (Fsp3) is 0.0455. The summed E-state index contributed by atoms with van der Waals surface area (Å²) in [5, 5.41) is 0.408. The number of ketones is 1. The van der Waals surface area contributed by atoms with Crippen molar-refractivity contribution in [3.8, 4) is 23.0 Å². The molecule has 0 aliphatic carbocycles. The summed E-state index contributed by atoms with van der Waals surface area (Å²) in [6, 6.07) is 15.1. The fourth-order valence-electron chi connectivity index (χ4n) is 3.15. The molecule has 2 aliphatic heterocycles. The SMILES string of the molecule is O=C1C(=Cc2ccc3c(c2)OCO3)Oc2cc(OS(=O)(=O)c3ccc(Cl)cc3)ccc21. The Balaban J connectivity index is 1.39. The molecule has 2 aliphatic rings. The molecule has 3 aromatic carbocycles. The predicted octanol–water partition coefficient (Wildman–Crippen LogP) is 4.45. The molecule has 5 rings (SSSR count). The van der Waals surface area contributed by atoms with Crippen molar-refractivity contribution < 1.29 is 31.6 Å². The van der Waals surface area contributed by atoms with Gasteiger partial charge in [0.2, 0.25) is 12.6 Å². The molecule has 0 radical (unpaired) electrons. The number of hydrogen-bond donors (Lipinski definition) is 0. The Morgan fingerprint density at radius 1 is 0.903 bits per heavy atom. The summed E-state index contributed by atoms with van der Waals surface area (Å²) in [5.74, 6) is 1.23. The first kappa shape index (κ1) is 19.5. The smallest absolute Gasteiger partial charge is 0.339 e. The number of hydrogen-bond acceptors (Lipinski definition) is 7. The van der Waals surface area contributed by atoms with Crippen LogP contribution in [0.15, 0.2) is 71.3 Å². The van der Waals surface area contributed by atoms with E-state index in [4.69, 9.17) is 30.0 Å². The highest BCUT2D eigenvalue weighted by atomic mass is 35.5. The molecule has 0 saturated heterocycles. The predicted molar refractivity (Wildman–Crippen MR) is 111 cm³/mol. The minimum absolute atomic E-state index is 0.0193. The van der Waals surface area contributed by atoms with Gasteiger partial charge in [-0.05, 0) is 60.2 Å². The van der Waals surface area contributed by atoms with Crippen LogP contribution >= 0.6 is 11.6 Å². The molecule has 0 fully saturated rings. The van der Waals surface area contributed by atoms with Crippen LogP contribution in [0, 0.1) is 0 Å². The third-order valence-electron chi connectivity index (χ3n) is 4.64. The highest BCUT2D eigenvalue weighted by Crippen LogP contribution is 2.37. The van der Waals surface area contributed by atoms with Crippen molar-refractivity contribution in [3.63, 3.8) is 0 Å². The zero-order valence-electron chi connectivity index (χ0n) is 15.7. The Morgan fingerprint density at radius 3 is 2.48 bits per heavy atom. The van der Waals surface area contributed by atoms with Gasteiger partial charge < -0.3 is 18.4 Å². The van der Waals surface area contributed by atoms with E-state index in [-0.39, 0.29) is 34.7 Å². The number of allylic oxidation sites excluding steroid dienone is 1. The summed E-state index contributed by atoms with van der Waals surface area (Å²) in [6.07, 6.45) is 1.58. The van der Waals surface area contributed by atoms with Gasteiger partial charge in [0.15, 0.2) is 17.3 Å². The Morgan fingerprint density at radius 2 is 1.68 bits per heavy atom. The van der Waals surface area contributed by atoms with E-state index in [0.717, 1.165) is 0 Å². The highest BCUT2D eigenvalue weighted by Gasteiger charge is 2.29. The van der Waals surface area contributed by atoms with Gasteiger partial charge in [0, 0.05) is 11.1 Å². The van der Waals surface area contributed by atoms with E-state index in [0.29, 0.717) is 27.6 Å². The van der Waals surface area contributed by atoms with Crippen molar-refractivity contribution in [1.82, 2.24) is 0 Å². The summed E-state index contributed by atoms with van der Waals surface area (Å²) in [5.41, 5.74) is 1.01. The average Bonchev–Trinajstić information content (AvgIpc) is 3.32. The maximum absolute atomic E-state index is 12.7. The third-order valence-corrected chi connectivity index (χ3v) is 6.16. The molecule has 0 bridgehead atoms. The minimum Gasteiger partial charge on any atom is -0.454 e. The first-order valence-electron chi connectivity index (χ1n) is 9.07. The van der Waals surface area contributed by atoms with E-state index in [1.807, 2.05) is 0 Å². The van der Waals surface area contributed by atoms with Crippen molar-refractivity contribution in [1.29, 1.82) is 0 Å². The van der Waals surface area contributed by atoms with Crippen LogP contribution in [0.4, 0.5) is 0 Å². The summed E-state index contributed by atoms with van der Waals surface area (Å²) in [4.78, 5) is 12.6. The summed E-state index contributed by atoms with van der Waals surface area (Å²) >= 11 is 5.80. The molecule has 0 N–H and O–H groups in total. The van der Waals surface area contributed by atoms with Gasteiger partial charge in [0.1, 0.15) is 16.4 Å². The number of fused-ring (bicyclic) bond motifs is 2. The minimum atomic E-state index is -4.07. The standard InChI is InChI=1S/C22H13ClO7S/c23-14-2-5-16(6-3-14)31(25,26)30-15-4-7-17-19(11-15)29-21(22(17)24)10-13-1-8-18-20(9-13)28-12-27-18/h1-11H,12H2. The van der Waals surface area contributed by atoms with E-state index in [9.17, 15) is 13.2 Å². The quantitative estimate of drug-likeness (QED) is 0.423. The maximum atomic E-state index is 12.7. The average molecular weight is 457 g/mol. The van der Waals surface area contributed by atoms with Gasteiger partial charge in [-0.2, -0.15) is 8.42 Å². The van der Waals surface area contributed by atoms with Crippen LogP contribution in [-0.4, -0.2) is 21.0 Å². The molecule has 9 heteroatoms. The van der Waals surface area contributed by atoms with Crippen LogP contribution in [0.25, 0.3) is 6.08 Å². The number of carbonyl (C=O) groups is 1. The lowest BCUT2D eigenvalue weighted by molar-refractivity contribution is 0.101. The molecule has 3 aromatic rings. The first-order chi connectivity index (χ1) is 14.9. The molecular formula is C22H13ClO7S. The van der Waals surface area contributed by atoms with Crippen molar-refractivity contribution in [3.05, 3.63) is 82.6 Å². The van der Waals surface area contributed by atoms with Crippen LogP contribution in [0.5, 0.6) is 23.0 Å². The van der Waals surface area contributed by atoms with Gasteiger partial charge in [0.05, 0.1) is 5.56 Å². The molecular weight excluding hydrogens is 444 g/mol. The fourth-order valence-corrected chi connectivity index (χ4v) is 4.20. The monoisotopic (exact) mass is 456 g/mol. The summed E-state index contributed by atoms with van der Waals surface area (Å²) < 4.78 is 46.4. The summed E-state index contributed by atoms with van der Waals surface area (Å²) in [7, 11) is -4.07. The van der Waals surface area contributed by atoms with Gasteiger partial charge in [-0.25, -0.2) is 0 Å². The number of halogens is 1. The number of benzene rings is 3. The lowest BCUT2D eigenvalue weighted by Crippen LogP contribution is -2.09. The van der Waals surface area contributed by atoms with E-state index in [2.05, 4.69) is 0 Å². The molecule has 0 spiro atoms.